The van der Waals surface area contributed by atoms with Crippen LogP contribution in [-0.4, -0.2) is 50.7 Å². The van der Waals surface area contributed by atoms with Crippen molar-refractivity contribution in [3.8, 4) is 0 Å². The smallest absolute Gasteiger partial charge is 0.326 e. The number of amides is 1. The lowest BCUT2D eigenvalue weighted by Crippen LogP contribution is -2.40. The molecular weight excluding hydrogens is 258 g/mol. The molecule has 1 aromatic heterocycles. The molecule has 1 aromatic rings. The summed E-state index contributed by atoms with van der Waals surface area (Å²) < 4.78 is 0. The summed E-state index contributed by atoms with van der Waals surface area (Å²) in [5.74, 6) is -1.55. The average molecular weight is 271 g/mol. The summed E-state index contributed by atoms with van der Waals surface area (Å²) in [6, 6.07) is -0.991. The molecular formula is C10H13N3O4S. The number of aliphatic hydroxyl groups excluding tert-OH is 1. The number of nitrogens with two attached hydrogens (primary N) is 1. The highest BCUT2D eigenvalue weighted by atomic mass is 32.1. The number of thiazole rings is 1. The second-order valence-electron chi connectivity index (χ2n) is 4.17. The summed E-state index contributed by atoms with van der Waals surface area (Å²) in [7, 11) is 0. The molecule has 0 bridgehead atoms. The molecule has 0 saturated carbocycles. The molecule has 7 nitrogen and oxygen atoms in total. The van der Waals surface area contributed by atoms with Crippen LogP contribution in [0.3, 0.4) is 0 Å². The maximum absolute atomic E-state index is 12.2. The van der Waals surface area contributed by atoms with Gasteiger partial charge >= 0.3 is 5.97 Å². The molecule has 2 atom stereocenters. The molecule has 2 heterocycles. The van der Waals surface area contributed by atoms with Gasteiger partial charge in [0.2, 0.25) is 0 Å². The number of aromatic nitrogens is 1. The summed E-state index contributed by atoms with van der Waals surface area (Å²) in [4.78, 5) is 28.7. The number of hydrogen-bond acceptors (Lipinski definition) is 6. The molecule has 0 unspecified atom stereocenters. The lowest BCUT2D eigenvalue weighted by molar-refractivity contribution is -0.141. The van der Waals surface area contributed by atoms with E-state index in [-0.39, 0.29) is 18.1 Å². The van der Waals surface area contributed by atoms with Crippen LogP contribution in [0.5, 0.6) is 0 Å². The molecule has 4 N–H and O–H groups in total. The van der Waals surface area contributed by atoms with Crippen molar-refractivity contribution in [2.75, 3.05) is 12.3 Å². The highest BCUT2D eigenvalue weighted by molar-refractivity contribution is 7.17. The number of carboxylic acid groups (broad SMARTS) is 1. The van der Waals surface area contributed by atoms with Gasteiger partial charge < -0.3 is 20.8 Å². The van der Waals surface area contributed by atoms with Gasteiger partial charge in [-0.15, -0.1) is 0 Å². The average Bonchev–Trinajstić information content (AvgIpc) is 2.81. The van der Waals surface area contributed by atoms with E-state index in [1.165, 1.54) is 0 Å². The molecule has 8 heteroatoms. The van der Waals surface area contributed by atoms with Crippen molar-refractivity contribution in [2.24, 2.45) is 0 Å². The van der Waals surface area contributed by atoms with E-state index in [2.05, 4.69) is 4.98 Å². The van der Waals surface area contributed by atoms with Gasteiger partial charge in [-0.05, 0) is 6.92 Å². The Bertz CT molecular complexity index is 501. The summed E-state index contributed by atoms with van der Waals surface area (Å²) >= 11 is 1.03. The first-order valence-electron chi connectivity index (χ1n) is 5.35. The molecule has 1 amide bonds. The summed E-state index contributed by atoms with van der Waals surface area (Å²) in [6.07, 6.45) is -0.755. The van der Waals surface area contributed by atoms with Crippen LogP contribution < -0.4 is 5.73 Å². The second-order valence-corrected chi connectivity index (χ2v) is 5.20. The number of β-amino-alcohol motifs (C(OH)–C–C–N with tert-alkyl or cyclic N) is 1. The van der Waals surface area contributed by atoms with E-state index >= 15 is 0 Å². The summed E-state index contributed by atoms with van der Waals surface area (Å²) in [6.45, 7) is 1.66. The van der Waals surface area contributed by atoms with Crippen molar-refractivity contribution in [3.63, 3.8) is 0 Å². The number of anilines is 1. The Balaban J connectivity index is 2.28. The Hall–Kier alpha value is -1.67. The molecule has 1 fully saturated rings. The van der Waals surface area contributed by atoms with Crippen LogP contribution in [-0.2, 0) is 4.79 Å². The number of nitrogens with zero attached hydrogens (tertiary/aromatic N) is 2. The first-order chi connectivity index (χ1) is 8.40. The van der Waals surface area contributed by atoms with Crippen LogP contribution in [0.2, 0.25) is 0 Å². The first kappa shape index (κ1) is 12.8. The number of carboxylic acids is 1. The molecule has 0 radical (unpaired) electrons. The molecule has 1 aliphatic heterocycles. The second kappa shape index (κ2) is 4.54. The molecule has 18 heavy (non-hydrogen) atoms. The van der Waals surface area contributed by atoms with Crippen molar-refractivity contribution in [3.05, 3.63) is 10.6 Å². The Morgan fingerprint density at radius 3 is 2.72 bits per heavy atom. The van der Waals surface area contributed by atoms with Gasteiger partial charge in [-0.25, -0.2) is 9.78 Å². The lowest BCUT2D eigenvalue weighted by Gasteiger charge is -2.20. The number of rotatable bonds is 2. The van der Waals surface area contributed by atoms with Gasteiger partial charge in [-0.1, -0.05) is 11.3 Å². The van der Waals surface area contributed by atoms with Crippen LogP contribution in [0.4, 0.5) is 5.13 Å². The minimum atomic E-state index is -1.12. The zero-order chi connectivity index (χ0) is 13.4. The molecule has 0 aliphatic carbocycles. The minimum Gasteiger partial charge on any atom is -0.480 e. The molecule has 0 aromatic carbocycles. The molecule has 1 aliphatic rings. The molecule has 98 valence electrons. The zero-order valence-corrected chi connectivity index (χ0v) is 10.5. The van der Waals surface area contributed by atoms with Crippen LogP contribution in [0.15, 0.2) is 0 Å². The van der Waals surface area contributed by atoms with Crippen molar-refractivity contribution >= 4 is 28.3 Å². The van der Waals surface area contributed by atoms with E-state index in [0.29, 0.717) is 10.6 Å². The fraction of sp³-hybridized carbons (Fsp3) is 0.500. The third-order valence-corrected chi connectivity index (χ3v) is 3.81. The number of aryl methyl sites for hydroxylation is 1. The topological polar surface area (TPSA) is 117 Å². The van der Waals surface area contributed by atoms with E-state index in [0.717, 1.165) is 16.2 Å². The Morgan fingerprint density at radius 1 is 1.56 bits per heavy atom. The van der Waals surface area contributed by atoms with Gasteiger partial charge in [-0.3, -0.25) is 4.79 Å². The molecule has 2 rings (SSSR count). The maximum atomic E-state index is 12.2. The van der Waals surface area contributed by atoms with Gasteiger partial charge in [0.05, 0.1) is 11.8 Å². The highest BCUT2D eigenvalue weighted by Crippen LogP contribution is 2.26. The zero-order valence-electron chi connectivity index (χ0n) is 9.66. The normalized spacial score (nSPS) is 23.3. The number of aliphatic carboxylic acids is 1. The van der Waals surface area contributed by atoms with E-state index in [1.807, 2.05) is 0 Å². The van der Waals surface area contributed by atoms with Gasteiger partial charge in [0.25, 0.3) is 5.91 Å². The fourth-order valence-electron chi connectivity index (χ4n) is 2.02. The number of nitrogen functional groups attached to an aromatic ring is 1. The van der Waals surface area contributed by atoms with Crippen molar-refractivity contribution < 1.29 is 19.8 Å². The Morgan fingerprint density at radius 2 is 2.22 bits per heavy atom. The maximum Gasteiger partial charge on any atom is 0.326 e. The number of hydrogen-bond donors (Lipinski definition) is 3. The monoisotopic (exact) mass is 271 g/mol. The first-order valence-corrected chi connectivity index (χ1v) is 6.16. The number of likely N-dealkylation sites (tertiary alicyclic amines) is 1. The lowest BCUT2D eigenvalue weighted by atomic mass is 10.2. The molecule has 0 spiro atoms. The van der Waals surface area contributed by atoms with Gasteiger partial charge in [0.1, 0.15) is 10.9 Å². The van der Waals surface area contributed by atoms with E-state index in [1.54, 1.807) is 6.92 Å². The van der Waals surface area contributed by atoms with Crippen LogP contribution in [0, 0.1) is 6.92 Å². The van der Waals surface area contributed by atoms with E-state index < -0.39 is 24.0 Å². The van der Waals surface area contributed by atoms with Crippen LogP contribution >= 0.6 is 11.3 Å². The largest absolute Gasteiger partial charge is 0.480 e. The van der Waals surface area contributed by atoms with Gasteiger partial charge in [0.15, 0.2) is 5.13 Å². The number of carbonyl (C=O) groups excluding carboxylic acids is 1. The summed E-state index contributed by atoms with van der Waals surface area (Å²) in [5.41, 5.74) is 5.99. The fourth-order valence-corrected chi connectivity index (χ4v) is 2.81. The summed E-state index contributed by atoms with van der Waals surface area (Å²) in [5, 5.41) is 18.8. The predicted octanol–water partition coefficient (Wildman–Crippen LogP) is -0.306. The van der Waals surface area contributed by atoms with Crippen molar-refractivity contribution in [1.29, 1.82) is 0 Å². The SMILES string of the molecule is Cc1nc(N)sc1C(=O)N1C[C@H](O)C[C@@H]1C(=O)O. The van der Waals surface area contributed by atoms with Gasteiger partial charge in [0, 0.05) is 13.0 Å². The molecule has 1 saturated heterocycles. The highest BCUT2D eigenvalue weighted by Gasteiger charge is 2.40. The predicted molar refractivity (Wildman–Crippen MR) is 64.3 cm³/mol. The van der Waals surface area contributed by atoms with Crippen molar-refractivity contribution in [1.82, 2.24) is 9.88 Å². The van der Waals surface area contributed by atoms with Crippen LogP contribution in [0.25, 0.3) is 0 Å². The number of aliphatic hydroxyl groups is 1. The van der Waals surface area contributed by atoms with E-state index in [9.17, 15) is 14.7 Å². The standard InChI is InChI=1S/C10H13N3O4S/c1-4-7(18-10(11)12-4)8(15)13-3-5(14)2-6(13)9(16)17/h5-6,14H,2-3H2,1H3,(H2,11,12)(H,16,17)/t5-,6-/m1/s1. The van der Waals surface area contributed by atoms with Crippen molar-refractivity contribution in [2.45, 2.75) is 25.5 Å². The third kappa shape index (κ3) is 2.16. The number of carbonyl (C=O) groups is 2. The van der Waals surface area contributed by atoms with Crippen LogP contribution in [0.1, 0.15) is 21.8 Å². The third-order valence-electron chi connectivity index (χ3n) is 2.83. The minimum absolute atomic E-state index is 0.0209. The quantitative estimate of drug-likeness (QED) is 0.679. The Kier molecular flexibility index (Phi) is 3.22. The Labute approximate surface area is 107 Å². The van der Waals surface area contributed by atoms with Gasteiger partial charge in [-0.2, -0.15) is 0 Å². The van der Waals surface area contributed by atoms with E-state index in [4.69, 9.17) is 10.8 Å².